The maximum Gasteiger partial charge on any atom is 0.317 e. The highest BCUT2D eigenvalue weighted by molar-refractivity contribution is 6.30. The van der Waals surface area contributed by atoms with E-state index in [0.717, 1.165) is 5.56 Å². The molecule has 0 bridgehead atoms. The second-order valence-corrected chi connectivity index (χ2v) is 4.50. The third-order valence-electron chi connectivity index (χ3n) is 2.43. The molecule has 0 aliphatic carbocycles. The van der Waals surface area contributed by atoms with Gasteiger partial charge in [0.15, 0.2) is 5.69 Å². The molecule has 22 heavy (non-hydrogen) atoms. The van der Waals surface area contributed by atoms with Crippen LogP contribution in [-0.2, 0) is 4.79 Å². The van der Waals surface area contributed by atoms with E-state index in [4.69, 9.17) is 22.4 Å². The van der Waals surface area contributed by atoms with E-state index in [1.54, 1.807) is 18.2 Å². The number of benzene rings is 1. The summed E-state index contributed by atoms with van der Waals surface area (Å²) in [5, 5.41) is 17.8. The van der Waals surface area contributed by atoms with Crippen molar-refractivity contribution in [3.63, 3.8) is 0 Å². The fourth-order valence-electron chi connectivity index (χ4n) is 1.47. The summed E-state index contributed by atoms with van der Waals surface area (Å²) in [6, 6.07) is 8.53. The van der Waals surface area contributed by atoms with Gasteiger partial charge in [0.25, 0.3) is 5.91 Å². The van der Waals surface area contributed by atoms with E-state index in [1.165, 1.54) is 12.3 Å². The molecular weight excluding hydrogens is 310 g/mol. The molecule has 8 heteroatoms. The minimum atomic E-state index is -0.968. The molecule has 0 fully saturated rings. The van der Waals surface area contributed by atoms with Crippen LogP contribution in [0.4, 0.5) is 0 Å². The van der Waals surface area contributed by atoms with Crippen LogP contribution in [0.25, 0.3) is 11.1 Å². The number of hydrogen-bond donors (Lipinski definition) is 4. The fraction of sp³-hybridized carbons (Fsp3) is 0.0714. The molecule has 0 spiro atoms. The van der Waals surface area contributed by atoms with Crippen molar-refractivity contribution in [2.45, 2.75) is 0 Å². The molecule has 0 saturated heterocycles. The molecule has 0 aliphatic rings. The molecule has 2 aromatic rings. The Kier molecular flexibility index (Phi) is 6.30. The number of aliphatic carboxylic acids is 1. The lowest BCUT2D eigenvalue weighted by molar-refractivity contribution is -0.135. The van der Waals surface area contributed by atoms with E-state index in [9.17, 15) is 14.7 Å². The number of pyridine rings is 1. The number of aromatic hydroxyl groups is 1. The van der Waals surface area contributed by atoms with Gasteiger partial charge in [-0.1, -0.05) is 23.7 Å². The van der Waals surface area contributed by atoms with Gasteiger partial charge in [0.05, 0.1) is 6.54 Å². The molecule has 1 aromatic carbocycles. The van der Waals surface area contributed by atoms with Gasteiger partial charge in [0.2, 0.25) is 0 Å². The van der Waals surface area contributed by atoms with E-state index in [0.29, 0.717) is 10.6 Å². The van der Waals surface area contributed by atoms with Crippen LogP contribution < -0.4 is 11.5 Å². The number of halogens is 1. The van der Waals surface area contributed by atoms with Gasteiger partial charge < -0.3 is 21.7 Å². The summed E-state index contributed by atoms with van der Waals surface area (Å²) < 4.78 is 0. The number of carboxylic acids is 1. The highest BCUT2D eigenvalue weighted by atomic mass is 35.5. The molecule has 6 N–H and O–H groups in total. The van der Waals surface area contributed by atoms with Crippen LogP contribution >= 0.6 is 11.6 Å². The third-order valence-corrected chi connectivity index (χ3v) is 2.67. The zero-order valence-corrected chi connectivity index (χ0v) is 12.1. The lowest BCUT2D eigenvalue weighted by Crippen LogP contribution is -2.13. The van der Waals surface area contributed by atoms with Crippen molar-refractivity contribution in [1.82, 2.24) is 4.98 Å². The summed E-state index contributed by atoms with van der Waals surface area (Å²) in [5.41, 5.74) is 10.9. The van der Waals surface area contributed by atoms with Crippen molar-refractivity contribution in [2.75, 3.05) is 6.54 Å². The number of hydrogen-bond acceptors (Lipinski definition) is 5. The van der Waals surface area contributed by atoms with Gasteiger partial charge in [-0.3, -0.25) is 9.59 Å². The molecule has 0 unspecified atom stereocenters. The Bertz CT molecular complexity index is 692. The van der Waals surface area contributed by atoms with Gasteiger partial charge >= 0.3 is 5.97 Å². The third kappa shape index (κ3) is 5.04. The van der Waals surface area contributed by atoms with Crippen molar-refractivity contribution in [1.29, 1.82) is 0 Å². The van der Waals surface area contributed by atoms with E-state index >= 15 is 0 Å². The molecule has 7 nitrogen and oxygen atoms in total. The molecule has 116 valence electrons. The molecule has 1 amide bonds. The average Bonchev–Trinajstić information content (AvgIpc) is 2.47. The van der Waals surface area contributed by atoms with Gasteiger partial charge in [-0.2, -0.15) is 0 Å². The second kappa shape index (κ2) is 7.96. The zero-order chi connectivity index (χ0) is 16.7. The molecule has 2 rings (SSSR count). The number of carboxylic acid groups (broad SMARTS) is 1. The van der Waals surface area contributed by atoms with Crippen LogP contribution in [0.1, 0.15) is 10.5 Å². The van der Waals surface area contributed by atoms with Gasteiger partial charge in [-0.05, 0) is 23.8 Å². The molecule has 0 saturated carbocycles. The van der Waals surface area contributed by atoms with Gasteiger partial charge in [-0.25, -0.2) is 4.98 Å². The van der Waals surface area contributed by atoms with Crippen LogP contribution in [0, 0.1) is 0 Å². The van der Waals surface area contributed by atoms with E-state index < -0.39 is 11.9 Å². The van der Waals surface area contributed by atoms with Gasteiger partial charge in [-0.15, -0.1) is 0 Å². The maximum absolute atomic E-state index is 10.9. The SMILES string of the molecule is NC(=O)c1ncc(-c2cccc(Cl)c2)cc1O.NCC(=O)O. The predicted molar refractivity (Wildman–Crippen MR) is 81.6 cm³/mol. The number of amides is 1. The predicted octanol–water partition coefficient (Wildman–Crippen LogP) is 1.24. The van der Waals surface area contributed by atoms with Crippen LogP contribution in [-0.4, -0.2) is 33.6 Å². The normalized spacial score (nSPS) is 9.55. The number of carbonyl (C=O) groups excluding carboxylic acids is 1. The summed E-state index contributed by atoms with van der Waals surface area (Å²) in [6.07, 6.45) is 1.46. The van der Waals surface area contributed by atoms with Crippen LogP contribution in [0.5, 0.6) is 5.75 Å². The Morgan fingerprint density at radius 2 is 1.86 bits per heavy atom. The number of nitrogens with two attached hydrogens (primary N) is 2. The van der Waals surface area contributed by atoms with Crippen molar-refractivity contribution < 1.29 is 19.8 Å². The van der Waals surface area contributed by atoms with Crippen molar-refractivity contribution in [3.8, 4) is 16.9 Å². The average molecular weight is 324 g/mol. The van der Waals surface area contributed by atoms with E-state index in [2.05, 4.69) is 10.7 Å². The maximum atomic E-state index is 10.9. The van der Waals surface area contributed by atoms with Gasteiger partial charge in [0.1, 0.15) is 5.75 Å². The first-order chi connectivity index (χ1) is 10.3. The minimum absolute atomic E-state index is 0.143. The number of rotatable bonds is 3. The Morgan fingerprint density at radius 1 is 1.23 bits per heavy atom. The molecule has 0 aliphatic heterocycles. The van der Waals surface area contributed by atoms with E-state index in [1.807, 2.05) is 6.07 Å². The Hall–Kier alpha value is -2.64. The first-order valence-electron chi connectivity index (χ1n) is 6.01. The summed E-state index contributed by atoms with van der Waals surface area (Å²) >= 11 is 5.86. The Balaban J connectivity index is 0.000000422. The summed E-state index contributed by atoms with van der Waals surface area (Å²) in [7, 11) is 0. The zero-order valence-electron chi connectivity index (χ0n) is 11.4. The lowest BCUT2D eigenvalue weighted by atomic mass is 10.1. The van der Waals surface area contributed by atoms with E-state index in [-0.39, 0.29) is 18.0 Å². The number of aromatic nitrogens is 1. The van der Waals surface area contributed by atoms with Crippen molar-refractivity contribution >= 4 is 23.5 Å². The summed E-state index contributed by atoms with van der Waals surface area (Å²) in [6.45, 7) is -0.278. The number of nitrogens with zero attached hydrogens (tertiary/aromatic N) is 1. The molecule has 1 heterocycles. The number of primary amides is 1. The van der Waals surface area contributed by atoms with Crippen molar-refractivity contribution in [2.24, 2.45) is 11.5 Å². The molecular formula is C14H14ClN3O4. The Morgan fingerprint density at radius 3 is 2.32 bits per heavy atom. The van der Waals surface area contributed by atoms with Crippen molar-refractivity contribution in [3.05, 3.63) is 47.2 Å². The summed E-state index contributed by atoms with van der Waals surface area (Å²) in [4.78, 5) is 24.0. The first kappa shape index (κ1) is 17.4. The molecule has 0 radical (unpaired) electrons. The largest absolute Gasteiger partial charge is 0.505 e. The molecule has 1 aromatic heterocycles. The topological polar surface area (TPSA) is 140 Å². The summed E-state index contributed by atoms with van der Waals surface area (Å²) in [5.74, 6) is -1.97. The lowest BCUT2D eigenvalue weighted by Gasteiger charge is -2.04. The molecule has 0 atom stereocenters. The highest BCUT2D eigenvalue weighted by Crippen LogP contribution is 2.26. The van der Waals surface area contributed by atoms with Gasteiger partial charge in [0, 0.05) is 16.8 Å². The van der Waals surface area contributed by atoms with Crippen LogP contribution in [0.15, 0.2) is 36.5 Å². The quantitative estimate of drug-likeness (QED) is 0.670. The standard InChI is InChI=1S/C12H9ClN2O2.C2H5NO2/c13-9-3-1-2-7(4-9)8-5-10(16)11(12(14)17)15-6-8;3-1-2(4)5/h1-6,16H,(H2,14,17);1,3H2,(H,4,5). The minimum Gasteiger partial charge on any atom is -0.505 e. The fourth-order valence-corrected chi connectivity index (χ4v) is 1.66. The first-order valence-corrected chi connectivity index (χ1v) is 6.39. The second-order valence-electron chi connectivity index (χ2n) is 4.06. The smallest absolute Gasteiger partial charge is 0.317 e. The number of carbonyl (C=O) groups is 2. The monoisotopic (exact) mass is 323 g/mol. The highest BCUT2D eigenvalue weighted by Gasteiger charge is 2.10. The van der Waals surface area contributed by atoms with Crippen LogP contribution in [0.2, 0.25) is 5.02 Å². The Labute approximate surface area is 131 Å². The van der Waals surface area contributed by atoms with Crippen LogP contribution in [0.3, 0.4) is 0 Å².